The minimum atomic E-state index is -0.512. The van der Waals surface area contributed by atoms with Crippen LogP contribution in [0.25, 0.3) is 12.2 Å². The van der Waals surface area contributed by atoms with Crippen molar-refractivity contribution in [2.75, 3.05) is 6.54 Å². The van der Waals surface area contributed by atoms with E-state index in [1.54, 1.807) is 12.1 Å². The van der Waals surface area contributed by atoms with Crippen molar-refractivity contribution in [3.63, 3.8) is 0 Å². The summed E-state index contributed by atoms with van der Waals surface area (Å²) in [6.07, 6.45) is 3.88. The van der Waals surface area contributed by atoms with Crippen molar-refractivity contribution in [2.45, 2.75) is 12.5 Å². The maximum Gasteiger partial charge on any atom is 0.0702 e. The van der Waals surface area contributed by atoms with E-state index in [-0.39, 0.29) is 6.54 Å². The number of benzene rings is 2. The molecule has 2 nitrogen and oxygen atoms in total. The second-order valence-corrected chi connectivity index (χ2v) is 5.62. The third kappa shape index (κ3) is 4.58. The first kappa shape index (κ1) is 16.1. The molecule has 0 aliphatic heterocycles. The molecule has 3 N–H and O–H groups in total. The highest BCUT2D eigenvalue weighted by molar-refractivity contribution is 6.37. The van der Waals surface area contributed by atoms with Crippen molar-refractivity contribution >= 4 is 35.4 Å². The van der Waals surface area contributed by atoms with Crippen LogP contribution >= 0.6 is 23.2 Å². The molecule has 0 aliphatic carbocycles. The topological polar surface area (TPSA) is 46.2 Å². The van der Waals surface area contributed by atoms with Gasteiger partial charge in [-0.1, -0.05) is 65.7 Å². The quantitative estimate of drug-likeness (QED) is 0.817. The van der Waals surface area contributed by atoms with Crippen LogP contribution in [0.1, 0.15) is 16.7 Å². The Kier molecular flexibility index (Phi) is 5.83. The lowest BCUT2D eigenvalue weighted by molar-refractivity contribution is 0.183. The Balaban J connectivity index is 2.19. The molecule has 21 heavy (non-hydrogen) atoms. The molecule has 0 spiro atoms. The summed E-state index contributed by atoms with van der Waals surface area (Å²) in [4.78, 5) is 0. The number of rotatable bonds is 5. The zero-order valence-electron chi connectivity index (χ0n) is 11.5. The summed E-state index contributed by atoms with van der Waals surface area (Å²) in [5.41, 5.74) is 8.29. The average Bonchev–Trinajstić information content (AvgIpc) is 2.47. The summed E-state index contributed by atoms with van der Waals surface area (Å²) >= 11 is 12.3. The second kappa shape index (κ2) is 7.62. The predicted octanol–water partition coefficient (Wildman–Crippen LogP) is 4.03. The third-order valence-corrected chi connectivity index (χ3v) is 3.80. The fraction of sp³-hybridized carbons (Fsp3) is 0.176. The van der Waals surface area contributed by atoms with Gasteiger partial charge < -0.3 is 10.8 Å². The van der Waals surface area contributed by atoms with Gasteiger partial charge in [0.2, 0.25) is 0 Å². The average molecular weight is 322 g/mol. The van der Waals surface area contributed by atoms with Crippen molar-refractivity contribution in [1.82, 2.24) is 0 Å². The number of aliphatic hydroxyl groups excluding tert-OH is 1. The Hall–Kier alpha value is -1.32. The van der Waals surface area contributed by atoms with Crippen LogP contribution in [0.15, 0.2) is 42.5 Å². The zero-order chi connectivity index (χ0) is 15.2. The van der Waals surface area contributed by atoms with Crippen LogP contribution in [0.2, 0.25) is 10.0 Å². The molecule has 0 unspecified atom stereocenters. The van der Waals surface area contributed by atoms with E-state index in [1.165, 1.54) is 0 Å². The maximum absolute atomic E-state index is 9.61. The van der Waals surface area contributed by atoms with Crippen LogP contribution in [0.5, 0.6) is 0 Å². The Morgan fingerprint density at radius 1 is 1.05 bits per heavy atom. The first-order chi connectivity index (χ1) is 10.1. The highest BCUT2D eigenvalue weighted by atomic mass is 35.5. The lowest BCUT2D eigenvalue weighted by Crippen LogP contribution is -2.21. The van der Waals surface area contributed by atoms with E-state index in [2.05, 4.69) is 0 Å². The fourth-order valence-corrected chi connectivity index (χ4v) is 2.55. The van der Waals surface area contributed by atoms with E-state index in [4.69, 9.17) is 28.9 Å². The Morgan fingerprint density at radius 3 is 2.38 bits per heavy atom. The molecule has 0 fully saturated rings. The zero-order valence-corrected chi connectivity index (χ0v) is 13.0. The summed E-state index contributed by atoms with van der Waals surface area (Å²) in [5, 5.41) is 10.8. The smallest absolute Gasteiger partial charge is 0.0702 e. The molecule has 0 saturated carbocycles. The summed E-state index contributed by atoms with van der Waals surface area (Å²) in [5.74, 6) is 0. The van der Waals surface area contributed by atoms with Gasteiger partial charge in [0.1, 0.15) is 0 Å². The van der Waals surface area contributed by atoms with Gasteiger partial charge in [-0.2, -0.15) is 0 Å². The minimum Gasteiger partial charge on any atom is -0.391 e. The number of nitrogens with two attached hydrogens (primary N) is 1. The van der Waals surface area contributed by atoms with Crippen LogP contribution in [-0.4, -0.2) is 17.8 Å². The molecule has 0 heterocycles. The second-order valence-electron chi connectivity index (χ2n) is 4.81. The van der Waals surface area contributed by atoms with Gasteiger partial charge in [0, 0.05) is 22.2 Å². The molecule has 0 aromatic heterocycles. The molecule has 0 radical (unpaired) electrons. The van der Waals surface area contributed by atoms with Crippen LogP contribution in [-0.2, 0) is 6.42 Å². The molecule has 0 bridgehead atoms. The fourth-order valence-electron chi connectivity index (χ4n) is 2.03. The van der Waals surface area contributed by atoms with Gasteiger partial charge in [0.15, 0.2) is 0 Å². The highest BCUT2D eigenvalue weighted by Crippen LogP contribution is 2.26. The molecule has 2 aromatic rings. The van der Waals surface area contributed by atoms with Crippen molar-refractivity contribution in [3.8, 4) is 0 Å². The molecular weight excluding hydrogens is 305 g/mol. The van der Waals surface area contributed by atoms with E-state index in [1.807, 2.05) is 42.5 Å². The summed E-state index contributed by atoms with van der Waals surface area (Å²) in [7, 11) is 0. The third-order valence-electron chi connectivity index (χ3n) is 3.14. The molecule has 2 aromatic carbocycles. The van der Waals surface area contributed by atoms with Gasteiger partial charge in [-0.3, -0.25) is 0 Å². The molecule has 0 aliphatic rings. The van der Waals surface area contributed by atoms with E-state index < -0.39 is 6.10 Å². The van der Waals surface area contributed by atoms with Gasteiger partial charge in [-0.25, -0.2) is 0 Å². The first-order valence-corrected chi connectivity index (χ1v) is 7.45. The van der Waals surface area contributed by atoms with E-state index in [0.717, 1.165) is 16.7 Å². The predicted molar refractivity (Wildman–Crippen MR) is 90.6 cm³/mol. The summed E-state index contributed by atoms with van der Waals surface area (Å²) < 4.78 is 0. The van der Waals surface area contributed by atoms with Gasteiger partial charge >= 0.3 is 0 Å². The molecule has 1 atom stereocenters. The van der Waals surface area contributed by atoms with Crippen molar-refractivity contribution in [1.29, 1.82) is 0 Å². The number of halogens is 2. The monoisotopic (exact) mass is 321 g/mol. The lowest BCUT2D eigenvalue weighted by atomic mass is 10.0. The van der Waals surface area contributed by atoms with E-state index in [0.29, 0.717) is 16.5 Å². The molecule has 4 heteroatoms. The maximum atomic E-state index is 9.61. The van der Waals surface area contributed by atoms with Crippen molar-refractivity contribution in [2.24, 2.45) is 5.73 Å². The Labute approximate surface area is 134 Å². The van der Waals surface area contributed by atoms with Crippen LogP contribution in [0.4, 0.5) is 0 Å². The minimum absolute atomic E-state index is 0.259. The molecule has 110 valence electrons. The number of aliphatic hydroxyl groups is 1. The lowest BCUT2D eigenvalue weighted by Gasteiger charge is -2.08. The Morgan fingerprint density at radius 2 is 1.71 bits per heavy atom. The van der Waals surface area contributed by atoms with E-state index in [9.17, 15) is 5.11 Å². The largest absolute Gasteiger partial charge is 0.391 e. The number of hydrogen-bond donors (Lipinski definition) is 2. The van der Waals surface area contributed by atoms with Crippen LogP contribution in [0, 0.1) is 0 Å². The molecular formula is C17H17Cl2NO. The molecule has 0 amide bonds. The van der Waals surface area contributed by atoms with Gasteiger partial charge in [-0.05, 0) is 29.7 Å². The van der Waals surface area contributed by atoms with Gasteiger partial charge in [0.05, 0.1) is 6.10 Å². The van der Waals surface area contributed by atoms with Gasteiger partial charge in [-0.15, -0.1) is 0 Å². The van der Waals surface area contributed by atoms with Crippen molar-refractivity contribution in [3.05, 3.63) is 69.2 Å². The molecule has 0 saturated heterocycles. The first-order valence-electron chi connectivity index (χ1n) is 6.69. The standard InChI is InChI=1S/C17H17Cl2NO/c18-16-5-2-6-17(19)15(16)8-7-12-3-1-4-13(9-12)10-14(21)11-20/h1-9,14,21H,10-11,20H2/b8-7+/t14-/m1/s1. The van der Waals surface area contributed by atoms with E-state index >= 15 is 0 Å². The van der Waals surface area contributed by atoms with Crippen LogP contribution in [0.3, 0.4) is 0 Å². The SMILES string of the molecule is NC[C@H](O)Cc1cccc(/C=C/c2c(Cl)cccc2Cl)c1. The summed E-state index contributed by atoms with van der Waals surface area (Å²) in [6.45, 7) is 0.259. The Bertz CT molecular complexity index is 620. The summed E-state index contributed by atoms with van der Waals surface area (Å²) in [6, 6.07) is 13.4. The van der Waals surface area contributed by atoms with Gasteiger partial charge in [0.25, 0.3) is 0 Å². The highest BCUT2D eigenvalue weighted by Gasteiger charge is 2.04. The molecule has 2 rings (SSSR count). The normalized spacial score (nSPS) is 12.8. The van der Waals surface area contributed by atoms with Crippen molar-refractivity contribution < 1.29 is 5.11 Å². The number of hydrogen-bond acceptors (Lipinski definition) is 2. The van der Waals surface area contributed by atoms with Crippen LogP contribution < -0.4 is 5.73 Å².